The lowest BCUT2D eigenvalue weighted by Gasteiger charge is -2.07. The molecule has 0 aliphatic carbocycles. The molecule has 0 unspecified atom stereocenters. The molecule has 1 aromatic rings. The Morgan fingerprint density at radius 3 is 2.90 bits per heavy atom. The van der Waals surface area contributed by atoms with E-state index in [1.165, 1.54) is 23.9 Å². The summed E-state index contributed by atoms with van der Waals surface area (Å²) >= 11 is 1.27. The van der Waals surface area contributed by atoms with E-state index in [-0.39, 0.29) is 5.75 Å². The van der Waals surface area contributed by atoms with Gasteiger partial charge < -0.3 is 9.47 Å². The summed E-state index contributed by atoms with van der Waals surface area (Å²) in [4.78, 5) is 4.11. The van der Waals surface area contributed by atoms with Crippen LogP contribution in [0.15, 0.2) is 23.2 Å². The normalized spacial score (nSPS) is 11.0. The number of halogens is 1. The van der Waals surface area contributed by atoms with Crippen LogP contribution in [0.25, 0.3) is 0 Å². The maximum Gasteiger partial charge on any atom is 0.183 e. The maximum absolute atomic E-state index is 13.8. The van der Waals surface area contributed by atoms with E-state index in [1.807, 2.05) is 0 Å². The van der Waals surface area contributed by atoms with Crippen LogP contribution in [-0.2, 0) is 4.74 Å². The van der Waals surface area contributed by atoms with Gasteiger partial charge in [-0.25, -0.2) is 9.38 Å². The average molecular weight is 297 g/mol. The van der Waals surface area contributed by atoms with Crippen LogP contribution in [-0.4, -0.2) is 31.7 Å². The number of nitriles is 1. The fraction of sp³-hybridized carbons (Fsp3) is 0.385. The van der Waals surface area contributed by atoms with Crippen LogP contribution in [0.3, 0.4) is 0 Å². The Kier molecular flexibility index (Phi) is 7.47. The first-order valence-electron chi connectivity index (χ1n) is 5.90. The van der Waals surface area contributed by atoms with Crippen LogP contribution in [0.4, 0.5) is 10.1 Å². The van der Waals surface area contributed by atoms with Gasteiger partial charge in [0.05, 0.1) is 12.3 Å². The summed E-state index contributed by atoms with van der Waals surface area (Å²) < 4.78 is 24.0. The smallest absolute Gasteiger partial charge is 0.183 e. The molecule has 1 N–H and O–H groups in total. The molecule has 0 aliphatic rings. The number of amidine groups is 1. The van der Waals surface area contributed by atoms with Crippen molar-refractivity contribution in [1.82, 2.24) is 5.32 Å². The lowest BCUT2D eigenvalue weighted by Crippen LogP contribution is -2.12. The molecule has 0 atom stereocenters. The number of rotatable bonds is 6. The summed E-state index contributed by atoms with van der Waals surface area (Å²) in [5, 5.41) is 11.3. The third kappa shape index (κ3) is 5.47. The van der Waals surface area contributed by atoms with E-state index >= 15 is 0 Å². The largest absolute Gasteiger partial charge is 0.490 e. The number of thioether (sulfide) groups is 1. The third-order valence-electron chi connectivity index (χ3n) is 2.25. The Labute approximate surface area is 121 Å². The molecule has 0 radical (unpaired) electrons. The molecule has 0 amide bonds. The van der Waals surface area contributed by atoms with E-state index in [2.05, 4.69) is 10.3 Å². The van der Waals surface area contributed by atoms with E-state index in [1.54, 1.807) is 25.6 Å². The van der Waals surface area contributed by atoms with Crippen LogP contribution in [0.2, 0.25) is 0 Å². The van der Waals surface area contributed by atoms with Crippen molar-refractivity contribution in [3.63, 3.8) is 0 Å². The molecule has 0 heterocycles. The summed E-state index contributed by atoms with van der Waals surface area (Å²) in [5.41, 5.74) is 0.416. The molecule has 0 aromatic heterocycles. The molecule has 1 rings (SSSR count). The molecule has 7 heteroatoms. The van der Waals surface area contributed by atoms with Gasteiger partial charge in [0.15, 0.2) is 22.9 Å². The minimum absolute atomic E-state index is 0.180. The molecule has 20 heavy (non-hydrogen) atoms. The Balaban J connectivity index is 2.70. The molecular weight excluding hydrogens is 281 g/mol. The topological polar surface area (TPSA) is 66.6 Å². The predicted molar refractivity (Wildman–Crippen MR) is 77.7 cm³/mol. The minimum atomic E-state index is -0.485. The number of aliphatic imine (C=N–C) groups is 1. The van der Waals surface area contributed by atoms with E-state index in [4.69, 9.17) is 14.7 Å². The number of benzene rings is 1. The molecule has 108 valence electrons. The summed E-state index contributed by atoms with van der Waals surface area (Å²) in [7, 11) is 1.60. The van der Waals surface area contributed by atoms with Crippen LogP contribution < -0.4 is 10.1 Å². The van der Waals surface area contributed by atoms with Crippen LogP contribution in [0.1, 0.15) is 6.42 Å². The minimum Gasteiger partial charge on any atom is -0.490 e. The summed E-state index contributed by atoms with van der Waals surface area (Å²) in [6.45, 7) is 0.959. The lowest BCUT2D eigenvalue weighted by atomic mass is 10.3. The van der Waals surface area contributed by atoms with Gasteiger partial charge in [-0.15, -0.1) is 0 Å². The predicted octanol–water partition coefficient (Wildman–Crippen LogP) is 2.66. The van der Waals surface area contributed by atoms with Crippen molar-refractivity contribution in [1.29, 1.82) is 5.26 Å². The first-order valence-corrected chi connectivity index (χ1v) is 7.12. The van der Waals surface area contributed by atoms with Gasteiger partial charge in [0.25, 0.3) is 0 Å². The van der Waals surface area contributed by atoms with Crippen molar-refractivity contribution in [2.75, 3.05) is 26.6 Å². The second kappa shape index (κ2) is 9.18. The molecule has 1 aromatic carbocycles. The average Bonchev–Trinajstić information content (AvgIpc) is 2.45. The highest BCUT2D eigenvalue weighted by Gasteiger charge is 2.05. The van der Waals surface area contributed by atoms with Crippen molar-refractivity contribution < 1.29 is 13.9 Å². The second-order valence-electron chi connectivity index (χ2n) is 3.67. The summed E-state index contributed by atoms with van der Waals surface area (Å²) in [6, 6.07) is 4.41. The van der Waals surface area contributed by atoms with Crippen molar-refractivity contribution in [3.05, 3.63) is 24.0 Å². The van der Waals surface area contributed by atoms with E-state index in [9.17, 15) is 4.39 Å². The van der Waals surface area contributed by atoms with Crippen molar-refractivity contribution in [3.8, 4) is 11.9 Å². The highest BCUT2D eigenvalue weighted by molar-refractivity contribution is 8.13. The van der Waals surface area contributed by atoms with Gasteiger partial charge in [-0.1, -0.05) is 11.8 Å². The monoisotopic (exact) mass is 297 g/mol. The Morgan fingerprint density at radius 1 is 1.50 bits per heavy atom. The van der Waals surface area contributed by atoms with E-state index in [0.29, 0.717) is 30.5 Å². The Morgan fingerprint density at radius 2 is 2.30 bits per heavy atom. The quantitative estimate of drug-likeness (QED) is 0.287. The van der Waals surface area contributed by atoms with Gasteiger partial charge in [-0.2, -0.15) is 5.26 Å². The van der Waals surface area contributed by atoms with Crippen molar-refractivity contribution >= 4 is 22.6 Å². The highest BCUT2D eigenvalue weighted by atomic mass is 32.2. The SMILES string of the molecule is COCCCOc1ccc(N=C(NC#N)SC)cc1F. The van der Waals surface area contributed by atoms with Crippen LogP contribution in [0, 0.1) is 17.3 Å². The fourth-order valence-corrected chi connectivity index (χ4v) is 1.70. The number of hydrogen-bond donors (Lipinski definition) is 1. The standard InChI is InChI=1S/C13H16FN3O2S/c1-18-6-3-7-19-12-5-4-10(8-11(12)14)17-13(20-2)16-9-15/h4-5,8H,3,6-7H2,1-2H3,(H,16,17). The number of nitrogens with zero attached hydrogens (tertiary/aromatic N) is 2. The van der Waals surface area contributed by atoms with Gasteiger partial charge in [-0.05, 0) is 18.4 Å². The van der Waals surface area contributed by atoms with Gasteiger partial charge in [0.2, 0.25) is 0 Å². The lowest BCUT2D eigenvalue weighted by molar-refractivity contribution is 0.170. The van der Waals surface area contributed by atoms with Gasteiger partial charge in [-0.3, -0.25) is 5.32 Å². The zero-order valence-corrected chi connectivity index (χ0v) is 12.2. The van der Waals surface area contributed by atoms with Gasteiger partial charge in [0.1, 0.15) is 0 Å². The van der Waals surface area contributed by atoms with Crippen LogP contribution >= 0.6 is 11.8 Å². The number of nitrogens with one attached hydrogen (secondary N) is 1. The Bertz CT molecular complexity index is 503. The Hall–Kier alpha value is -1.78. The zero-order chi connectivity index (χ0) is 14.8. The first kappa shape index (κ1) is 16.3. The second-order valence-corrected chi connectivity index (χ2v) is 4.46. The van der Waals surface area contributed by atoms with E-state index in [0.717, 1.165) is 0 Å². The molecule has 0 saturated heterocycles. The molecule has 0 bridgehead atoms. The number of methoxy groups -OCH3 is 1. The summed E-state index contributed by atoms with van der Waals surface area (Å²) in [6.07, 6.45) is 4.24. The molecule has 0 aliphatic heterocycles. The fourth-order valence-electron chi connectivity index (χ4n) is 1.35. The number of hydrogen-bond acceptors (Lipinski definition) is 5. The van der Waals surface area contributed by atoms with E-state index < -0.39 is 5.82 Å². The zero-order valence-electron chi connectivity index (χ0n) is 11.4. The van der Waals surface area contributed by atoms with Crippen LogP contribution in [0.5, 0.6) is 5.75 Å². The highest BCUT2D eigenvalue weighted by Crippen LogP contribution is 2.23. The van der Waals surface area contributed by atoms with Gasteiger partial charge in [0, 0.05) is 26.2 Å². The van der Waals surface area contributed by atoms with Crippen molar-refractivity contribution in [2.45, 2.75) is 6.42 Å². The van der Waals surface area contributed by atoms with Crippen molar-refractivity contribution in [2.24, 2.45) is 4.99 Å². The molecule has 0 spiro atoms. The molecule has 0 fully saturated rings. The summed E-state index contributed by atoms with van der Waals surface area (Å²) in [5.74, 6) is -0.305. The maximum atomic E-state index is 13.8. The first-order chi connectivity index (χ1) is 9.71. The molecular formula is C13H16FN3O2S. The molecule has 0 saturated carbocycles. The number of ether oxygens (including phenoxy) is 2. The molecule has 5 nitrogen and oxygen atoms in total. The van der Waals surface area contributed by atoms with Gasteiger partial charge >= 0.3 is 0 Å². The third-order valence-corrected chi connectivity index (χ3v) is 2.83.